The molecule has 5 aromatic rings. The molecule has 0 bridgehead atoms. The number of likely N-dealkylation sites (tertiary alicyclic amines) is 1. The molecule has 2 fully saturated rings. The smallest absolute Gasteiger partial charge is 0.236 e. The first kappa shape index (κ1) is 30.0. The molecule has 2 aliphatic rings. The maximum Gasteiger partial charge on any atom is 0.236 e. The Bertz CT molecular complexity index is 2000. The van der Waals surface area contributed by atoms with Crippen LogP contribution in [0.15, 0.2) is 54.0 Å². The number of pyridine rings is 1. The van der Waals surface area contributed by atoms with E-state index in [0.717, 1.165) is 74.0 Å². The van der Waals surface area contributed by atoms with Gasteiger partial charge in [0, 0.05) is 67.5 Å². The van der Waals surface area contributed by atoms with Crippen LogP contribution in [-0.4, -0.2) is 75.9 Å². The van der Waals surface area contributed by atoms with Gasteiger partial charge in [-0.05, 0) is 61.7 Å². The number of piperazine rings is 1. The summed E-state index contributed by atoms with van der Waals surface area (Å²) in [5, 5.41) is 11.7. The van der Waals surface area contributed by atoms with Crippen LogP contribution in [0, 0.1) is 29.9 Å². The lowest BCUT2D eigenvalue weighted by molar-refractivity contribution is -0.135. The van der Waals surface area contributed by atoms with E-state index >= 15 is 4.39 Å². The van der Waals surface area contributed by atoms with Crippen molar-refractivity contribution in [3.63, 3.8) is 0 Å². The van der Waals surface area contributed by atoms with Gasteiger partial charge in [-0.2, -0.15) is 5.26 Å². The third-order valence-corrected chi connectivity index (χ3v) is 9.94. The molecule has 2 saturated heterocycles. The highest BCUT2D eigenvalue weighted by Crippen LogP contribution is 2.37. The molecule has 0 aliphatic carbocycles. The van der Waals surface area contributed by atoms with E-state index in [4.69, 9.17) is 4.98 Å². The number of thiazole rings is 1. The number of anilines is 1. The van der Waals surface area contributed by atoms with Crippen LogP contribution in [-0.2, 0) is 11.2 Å². The number of aryl methyl sites for hydroxylation is 1. The van der Waals surface area contributed by atoms with Gasteiger partial charge in [-0.3, -0.25) is 14.1 Å². The van der Waals surface area contributed by atoms with Gasteiger partial charge in [0.25, 0.3) is 0 Å². The van der Waals surface area contributed by atoms with E-state index in [-0.39, 0.29) is 17.3 Å². The first-order chi connectivity index (χ1) is 22.3. The Balaban J connectivity index is 1.17. The van der Waals surface area contributed by atoms with Gasteiger partial charge < -0.3 is 9.80 Å². The lowest BCUT2D eigenvalue weighted by atomic mass is 9.99. The zero-order chi connectivity index (χ0) is 31.9. The molecule has 2 aromatic carbocycles. The zero-order valence-corrected chi connectivity index (χ0v) is 26.6. The maximum atomic E-state index is 16.2. The molecule has 5 heterocycles. The highest BCUT2D eigenvalue weighted by atomic mass is 32.1. The fraction of sp³-hybridized carbons (Fsp3) is 0.314. The SMILES string of the molecule is CCc1nc2ccc(N3CCN(CC(=O)N4CCC4)CC3)cn2c1-c1ccc(-c2nc(-c3ccc(F)cc3C#N)cs2)c(F)c1C. The molecular formula is C35H33F2N7OS. The van der Waals surface area contributed by atoms with Gasteiger partial charge in [0.15, 0.2) is 0 Å². The monoisotopic (exact) mass is 637 g/mol. The van der Waals surface area contributed by atoms with Crippen LogP contribution in [0.3, 0.4) is 0 Å². The summed E-state index contributed by atoms with van der Waals surface area (Å²) in [6, 6.07) is 13.8. The van der Waals surface area contributed by atoms with Crippen molar-refractivity contribution in [2.45, 2.75) is 26.7 Å². The summed E-state index contributed by atoms with van der Waals surface area (Å²) in [6.45, 7) is 9.33. The fourth-order valence-corrected chi connectivity index (χ4v) is 7.12. The van der Waals surface area contributed by atoms with Crippen molar-refractivity contribution >= 4 is 28.6 Å². The van der Waals surface area contributed by atoms with Crippen LogP contribution < -0.4 is 4.90 Å². The Kier molecular flexibility index (Phi) is 8.01. The highest BCUT2D eigenvalue weighted by Gasteiger charge is 2.26. The average Bonchev–Trinajstić information content (AvgIpc) is 3.66. The lowest BCUT2D eigenvalue weighted by Crippen LogP contribution is -2.52. The summed E-state index contributed by atoms with van der Waals surface area (Å²) < 4.78 is 31.9. The van der Waals surface area contributed by atoms with Crippen molar-refractivity contribution in [3.8, 4) is 39.2 Å². The molecule has 8 nitrogen and oxygen atoms in total. The highest BCUT2D eigenvalue weighted by molar-refractivity contribution is 7.13. The van der Waals surface area contributed by atoms with Gasteiger partial charge in [-0.25, -0.2) is 18.7 Å². The van der Waals surface area contributed by atoms with E-state index in [1.807, 2.05) is 23.1 Å². The Morgan fingerprint density at radius 3 is 2.46 bits per heavy atom. The number of amides is 1. The van der Waals surface area contributed by atoms with Gasteiger partial charge in [0.2, 0.25) is 5.91 Å². The Labute approximate surface area is 270 Å². The minimum atomic E-state index is -0.493. The molecule has 0 radical (unpaired) electrons. The third kappa shape index (κ3) is 5.42. The Morgan fingerprint density at radius 1 is 0.978 bits per heavy atom. The third-order valence-electron chi connectivity index (χ3n) is 9.07. The number of aromatic nitrogens is 3. The molecule has 11 heteroatoms. The summed E-state index contributed by atoms with van der Waals surface area (Å²) in [7, 11) is 0. The zero-order valence-electron chi connectivity index (χ0n) is 25.8. The van der Waals surface area contributed by atoms with Crippen molar-refractivity contribution in [3.05, 3.63) is 82.5 Å². The average molecular weight is 638 g/mol. The molecule has 2 aliphatic heterocycles. The van der Waals surface area contributed by atoms with Crippen LogP contribution in [0.5, 0.6) is 0 Å². The number of carbonyl (C=O) groups excluding carboxylic acids is 1. The number of carbonyl (C=O) groups is 1. The minimum Gasteiger partial charge on any atom is -0.368 e. The fourth-order valence-electron chi connectivity index (χ4n) is 6.28. The number of imidazole rings is 1. The van der Waals surface area contributed by atoms with Crippen molar-refractivity contribution in [1.29, 1.82) is 5.26 Å². The van der Waals surface area contributed by atoms with E-state index in [1.54, 1.807) is 18.4 Å². The largest absolute Gasteiger partial charge is 0.368 e. The molecular weight excluding hydrogens is 604 g/mol. The van der Waals surface area contributed by atoms with Crippen molar-refractivity contribution in [1.82, 2.24) is 24.2 Å². The molecule has 0 unspecified atom stereocenters. The second-order valence-electron chi connectivity index (χ2n) is 11.8. The minimum absolute atomic E-state index is 0.182. The molecule has 7 rings (SSSR count). The quantitative estimate of drug-likeness (QED) is 0.213. The topological polar surface area (TPSA) is 80.8 Å². The number of hydrogen-bond donors (Lipinski definition) is 0. The second-order valence-corrected chi connectivity index (χ2v) is 12.7. The number of benzene rings is 2. The van der Waals surface area contributed by atoms with E-state index in [9.17, 15) is 14.4 Å². The number of hydrogen-bond acceptors (Lipinski definition) is 7. The van der Waals surface area contributed by atoms with Gasteiger partial charge in [0.1, 0.15) is 22.3 Å². The van der Waals surface area contributed by atoms with Crippen molar-refractivity contribution in [2.24, 2.45) is 0 Å². The van der Waals surface area contributed by atoms with Crippen LogP contribution in [0.2, 0.25) is 0 Å². The molecule has 3 aromatic heterocycles. The molecule has 0 spiro atoms. The lowest BCUT2D eigenvalue weighted by Gasteiger charge is -2.38. The number of halogens is 2. The molecule has 46 heavy (non-hydrogen) atoms. The summed E-state index contributed by atoms with van der Waals surface area (Å²) in [6.07, 6.45) is 3.88. The van der Waals surface area contributed by atoms with Crippen molar-refractivity contribution < 1.29 is 13.6 Å². The van der Waals surface area contributed by atoms with Gasteiger partial charge in [0.05, 0.1) is 40.9 Å². The number of rotatable bonds is 7. The standard InChI is InChI=1S/C35H33F2N7OS/c1-3-29-34(44-19-25(6-10-31(44)39-29)42-15-13-41(14-16-42)20-32(45)43-11-4-12-43)26-8-9-28(33(37)22(26)2)35-40-30(21-46-35)27-7-5-24(36)17-23(27)18-38/h5-10,17,19,21H,3-4,11-16,20H2,1-2H3. The molecule has 0 N–H and O–H groups in total. The number of nitriles is 1. The normalized spacial score (nSPS) is 15.3. The van der Waals surface area contributed by atoms with Crippen LogP contribution in [0.1, 0.15) is 30.2 Å². The van der Waals surface area contributed by atoms with E-state index in [2.05, 4.69) is 38.4 Å². The van der Waals surface area contributed by atoms with E-state index in [1.165, 1.54) is 29.5 Å². The molecule has 0 atom stereocenters. The summed E-state index contributed by atoms with van der Waals surface area (Å²) in [5.41, 5.74) is 6.44. The van der Waals surface area contributed by atoms with Crippen LogP contribution in [0.4, 0.5) is 14.5 Å². The van der Waals surface area contributed by atoms with Crippen LogP contribution >= 0.6 is 11.3 Å². The number of fused-ring (bicyclic) bond motifs is 1. The first-order valence-electron chi connectivity index (χ1n) is 15.6. The van der Waals surface area contributed by atoms with E-state index < -0.39 is 5.82 Å². The Hall–Kier alpha value is -4.66. The maximum absolute atomic E-state index is 16.2. The number of nitrogens with zero attached hydrogens (tertiary/aromatic N) is 7. The predicted octanol–water partition coefficient (Wildman–Crippen LogP) is 6.17. The second kappa shape index (κ2) is 12.3. The summed E-state index contributed by atoms with van der Waals surface area (Å²) in [5.74, 6) is -0.636. The first-order valence-corrected chi connectivity index (χ1v) is 16.4. The van der Waals surface area contributed by atoms with Gasteiger partial charge in [-0.15, -0.1) is 11.3 Å². The Morgan fingerprint density at radius 2 is 1.74 bits per heavy atom. The van der Waals surface area contributed by atoms with E-state index in [0.29, 0.717) is 40.4 Å². The molecule has 234 valence electrons. The molecule has 1 amide bonds. The van der Waals surface area contributed by atoms with Gasteiger partial charge >= 0.3 is 0 Å². The van der Waals surface area contributed by atoms with Crippen molar-refractivity contribution in [2.75, 3.05) is 50.7 Å². The summed E-state index contributed by atoms with van der Waals surface area (Å²) in [4.78, 5) is 28.4. The van der Waals surface area contributed by atoms with Gasteiger partial charge in [-0.1, -0.05) is 13.0 Å². The summed E-state index contributed by atoms with van der Waals surface area (Å²) >= 11 is 1.28. The molecule has 0 saturated carbocycles. The van der Waals surface area contributed by atoms with Crippen LogP contribution in [0.25, 0.3) is 38.7 Å². The predicted molar refractivity (Wildman–Crippen MR) is 176 cm³/mol.